The Bertz CT molecular complexity index is 1730. The van der Waals surface area contributed by atoms with Crippen molar-refractivity contribution >= 4 is 17.9 Å². The van der Waals surface area contributed by atoms with Crippen LogP contribution in [-0.2, 0) is 28.6 Å². The Morgan fingerprint density at radius 1 is 0.256 bits per heavy atom. The minimum atomic E-state index is -0.795. The van der Waals surface area contributed by atoms with Crippen LogP contribution in [0.4, 0.5) is 0 Å². The third-order valence-corrected chi connectivity index (χ3v) is 14.4. The van der Waals surface area contributed by atoms with Crippen LogP contribution in [-0.4, -0.2) is 37.2 Å². The van der Waals surface area contributed by atoms with E-state index in [1.54, 1.807) is 0 Å². The molecule has 0 aromatic heterocycles. The molecule has 0 aliphatic rings. The molecule has 0 fully saturated rings. The van der Waals surface area contributed by atoms with Crippen LogP contribution in [0.5, 0.6) is 0 Å². The molecule has 0 saturated carbocycles. The predicted molar refractivity (Wildman–Crippen MR) is 357 cm³/mol. The summed E-state index contributed by atoms with van der Waals surface area (Å²) in [5.74, 6) is -0.916. The maximum atomic E-state index is 12.9. The van der Waals surface area contributed by atoms with Gasteiger partial charge in [0.2, 0.25) is 0 Å². The minimum absolute atomic E-state index is 0.0919. The standard InChI is InChI=1S/C76H126O6/c1-4-7-10-13-16-19-22-25-27-29-31-32-33-34-35-36-37-38-39-40-41-42-43-44-45-47-48-51-54-57-60-63-66-69-75(78)81-72-73(71-80-74(77)68-65-62-59-56-53-50-24-21-18-15-12-9-6-3)82-76(79)70-67-64-61-58-55-52-49-46-30-28-26-23-20-17-14-11-8-5-2/h7,10,12,15-16,19,21,24-25,27,31-32,34-35,37-38,40-41,43-44,47-48,73H,4-6,8-9,11,13-14,17-18,20,22-23,26,28-30,33,36,39,42,45-46,49-72H2,1-3H3/b10-7-,15-12-,19-16-,24-21-,27-25-,32-31-,35-34-,38-37-,41-40-,44-43-,48-47-. The van der Waals surface area contributed by atoms with Crippen LogP contribution in [0.1, 0.15) is 310 Å². The molecule has 0 heterocycles. The van der Waals surface area contributed by atoms with Crippen molar-refractivity contribution in [1.29, 1.82) is 0 Å². The van der Waals surface area contributed by atoms with E-state index in [1.807, 2.05) is 0 Å². The molecule has 0 aliphatic heterocycles. The number of rotatable bonds is 61. The fourth-order valence-corrected chi connectivity index (χ4v) is 9.30. The molecule has 6 nitrogen and oxygen atoms in total. The number of hydrogen-bond acceptors (Lipinski definition) is 6. The first-order chi connectivity index (χ1) is 40.5. The van der Waals surface area contributed by atoms with Crippen LogP contribution in [0, 0.1) is 0 Å². The number of ether oxygens (including phenoxy) is 3. The van der Waals surface area contributed by atoms with Crippen LogP contribution in [0.25, 0.3) is 0 Å². The third-order valence-electron chi connectivity index (χ3n) is 14.4. The van der Waals surface area contributed by atoms with Crippen LogP contribution < -0.4 is 0 Å². The maximum absolute atomic E-state index is 12.9. The van der Waals surface area contributed by atoms with Gasteiger partial charge in [-0.3, -0.25) is 14.4 Å². The lowest BCUT2D eigenvalue weighted by molar-refractivity contribution is -0.167. The van der Waals surface area contributed by atoms with E-state index in [9.17, 15) is 14.4 Å². The molecular weight excluding hydrogens is 1010 g/mol. The zero-order chi connectivity index (χ0) is 59.2. The molecule has 1 unspecified atom stereocenters. The molecule has 0 bridgehead atoms. The van der Waals surface area contributed by atoms with Crippen LogP contribution >= 0.6 is 0 Å². The molecule has 0 N–H and O–H groups in total. The fraction of sp³-hybridized carbons (Fsp3) is 0.671. The molecule has 0 aromatic carbocycles. The van der Waals surface area contributed by atoms with Gasteiger partial charge in [0, 0.05) is 19.3 Å². The molecule has 0 rings (SSSR count). The van der Waals surface area contributed by atoms with E-state index in [-0.39, 0.29) is 31.1 Å². The van der Waals surface area contributed by atoms with Gasteiger partial charge in [0.15, 0.2) is 6.10 Å². The Balaban J connectivity index is 4.33. The number of unbranched alkanes of at least 4 members (excludes halogenated alkanes) is 28. The Labute approximate surface area is 506 Å². The van der Waals surface area contributed by atoms with Gasteiger partial charge in [-0.2, -0.15) is 0 Å². The molecule has 0 aliphatic carbocycles. The summed E-state index contributed by atoms with van der Waals surface area (Å²) in [6.45, 7) is 6.46. The highest BCUT2D eigenvalue weighted by atomic mass is 16.6. The Morgan fingerprint density at radius 2 is 0.500 bits per heavy atom. The maximum Gasteiger partial charge on any atom is 0.306 e. The Hall–Kier alpha value is -4.45. The van der Waals surface area contributed by atoms with E-state index in [4.69, 9.17) is 14.2 Å². The lowest BCUT2D eigenvalue weighted by Gasteiger charge is -2.18. The van der Waals surface area contributed by atoms with Gasteiger partial charge in [0.05, 0.1) is 0 Å². The molecule has 0 aromatic rings. The van der Waals surface area contributed by atoms with Crippen LogP contribution in [0.3, 0.4) is 0 Å². The van der Waals surface area contributed by atoms with Gasteiger partial charge < -0.3 is 14.2 Å². The van der Waals surface area contributed by atoms with Crippen molar-refractivity contribution in [3.63, 3.8) is 0 Å². The summed E-state index contributed by atoms with van der Waals surface area (Å²) >= 11 is 0. The monoisotopic (exact) mass is 1130 g/mol. The predicted octanol–water partition coefficient (Wildman–Crippen LogP) is 23.7. The van der Waals surface area contributed by atoms with Crippen molar-refractivity contribution in [2.45, 2.75) is 316 Å². The van der Waals surface area contributed by atoms with Crippen LogP contribution in [0.2, 0.25) is 0 Å². The normalized spacial score (nSPS) is 13.0. The van der Waals surface area contributed by atoms with E-state index >= 15 is 0 Å². The van der Waals surface area contributed by atoms with Gasteiger partial charge in [-0.25, -0.2) is 0 Å². The number of carbonyl (C=O) groups is 3. The quantitative estimate of drug-likeness (QED) is 0.0261. The molecule has 0 saturated heterocycles. The Morgan fingerprint density at radius 3 is 0.793 bits per heavy atom. The van der Waals surface area contributed by atoms with Crippen molar-refractivity contribution in [3.05, 3.63) is 134 Å². The van der Waals surface area contributed by atoms with E-state index in [2.05, 4.69) is 154 Å². The second-order valence-corrected chi connectivity index (χ2v) is 22.4. The van der Waals surface area contributed by atoms with Crippen molar-refractivity contribution in [3.8, 4) is 0 Å². The number of allylic oxidation sites excluding steroid dienone is 22. The van der Waals surface area contributed by atoms with Crippen LogP contribution in [0.15, 0.2) is 134 Å². The molecule has 6 heteroatoms. The highest BCUT2D eigenvalue weighted by Gasteiger charge is 2.19. The third kappa shape index (κ3) is 66.4. The second-order valence-electron chi connectivity index (χ2n) is 22.4. The van der Waals surface area contributed by atoms with Crippen molar-refractivity contribution in [2.75, 3.05) is 13.2 Å². The zero-order valence-corrected chi connectivity index (χ0v) is 53.5. The SMILES string of the molecule is CC/C=C\C/C=C\C/C=C\C/C=C\C/C=C\C/C=C\C/C=C\C/C=C\C/C=C\CCCCCCCC(=O)OCC(COC(=O)CCCCCCC/C=C\C/C=C\CCC)OC(=O)CCCCCCCCCCCCCCCCCCCC. The summed E-state index contributed by atoms with van der Waals surface area (Å²) in [6, 6.07) is 0. The van der Waals surface area contributed by atoms with Crippen molar-refractivity contribution < 1.29 is 28.6 Å². The fourth-order valence-electron chi connectivity index (χ4n) is 9.30. The smallest absolute Gasteiger partial charge is 0.306 e. The number of hydrogen-bond donors (Lipinski definition) is 0. The number of esters is 3. The molecule has 466 valence electrons. The summed E-state index contributed by atoms with van der Waals surface area (Å²) in [6.07, 6.45) is 97.5. The second kappa shape index (κ2) is 69.0. The van der Waals surface area contributed by atoms with E-state index in [1.165, 1.54) is 103 Å². The molecular formula is C76H126O6. The summed E-state index contributed by atoms with van der Waals surface area (Å²) in [7, 11) is 0. The molecule has 0 amide bonds. The first-order valence-electron chi connectivity index (χ1n) is 34.2. The summed E-state index contributed by atoms with van der Waals surface area (Å²) in [4.78, 5) is 38.3. The average molecular weight is 1140 g/mol. The van der Waals surface area contributed by atoms with Gasteiger partial charge >= 0.3 is 17.9 Å². The first kappa shape index (κ1) is 77.5. The van der Waals surface area contributed by atoms with Gasteiger partial charge in [0.25, 0.3) is 0 Å². The van der Waals surface area contributed by atoms with Gasteiger partial charge in [-0.1, -0.05) is 309 Å². The Kier molecular flexibility index (Phi) is 65.3. The summed E-state index contributed by atoms with van der Waals surface area (Å²) in [5.41, 5.74) is 0. The molecule has 0 radical (unpaired) electrons. The van der Waals surface area contributed by atoms with Crippen molar-refractivity contribution in [1.82, 2.24) is 0 Å². The first-order valence-corrected chi connectivity index (χ1v) is 34.2. The highest BCUT2D eigenvalue weighted by molar-refractivity contribution is 5.71. The minimum Gasteiger partial charge on any atom is -0.462 e. The van der Waals surface area contributed by atoms with Gasteiger partial charge in [-0.15, -0.1) is 0 Å². The average Bonchev–Trinajstić information content (AvgIpc) is 3.47. The lowest BCUT2D eigenvalue weighted by atomic mass is 10.0. The zero-order valence-electron chi connectivity index (χ0n) is 53.5. The summed E-state index contributed by atoms with van der Waals surface area (Å²) in [5, 5.41) is 0. The highest BCUT2D eigenvalue weighted by Crippen LogP contribution is 2.16. The largest absolute Gasteiger partial charge is 0.462 e. The molecule has 1 atom stereocenters. The van der Waals surface area contributed by atoms with E-state index in [0.717, 1.165) is 167 Å². The van der Waals surface area contributed by atoms with Gasteiger partial charge in [-0.05, 0) is 116 Å². The van der Waals surface area contributed by atoms with E-state index in [0.29, 0.717) is 19.3 Å². The van der Waals surface area contributed by atoms with Gasteiger partial charge in [0.1, 0.15) is 13.2 Å². The topological polar surface area (TPSA) is 78.9 Å². The number of carbonyl (C=O) groups excluding carboxylic acids is 3. The molecule has 82 heavy (non-hydrogen) atoms. The summed E-state index contributed by atoms with van der Waals surface area (Å²) < 4.78 is 16.9. The molecule has 0 spiro atoms. The lowest BCUT2D eigenvalue weighted by Crippen LogP contribution is -2.30. The van der Waals surface area contributed by atoms with E-state index < -0.39 is 6.10 Å². The van der Waals surface area contributed by atoms with Crippen molar-refractivity contribution in [2.24, 2.45) is 0 Å².